The second-order valence-corrected chi connectivity index (χ2v) is 10.0. The SMILES string of the molecule is NC(=O)c1cc(-c2cccnc2[C@H](Cc2cc(F)cc(F)c2)NC(=O)Cn2cnc3cc(Cl)c(Cl)cc32)ccc1F. The average Bonchev–Trinajstić information content (AvgIpc) is 3.28. The summed E-state index contributed by atoms with van der Waals surface area (Å²) < 4.78 is 43.9. The van der Waals surface area contributed by atoms with E-state index in [9.17, 15) is 22.8 Å². The Morgan fingerprint density at radius 1 is 0.951 bits per heavy atom. The van der Waals surface area contributed by atoms with Crippen molar-refractivity contribution in [3.05, 3.63) is 118 Å². The smallest absolute Gasteiger partial charge is 0.251 e. The highest BCUT2D eigenvalue weighted by Crippen LogP contribution is 2.31. The van der Waals surface area contributed by atoms with Gasteiger partial charge in [0, 0.05) is 17.8 Å². The molecule has 12 heteroatoms. The van der Waals surface area contributed by atoms with Crippen LogP contribution in [0.1, 0.15) is 27.7 Å². The number of hydrogen-bond donors (Lipinski definition) is 2. The van der Waals surface area contributed by atoms with Crippen molar-refractivity contribution < 1.29 is 22.8 Å². The maximum atomic E-state index is 14.2. The first-order valence-corrected chi connectivity index (χ1v) is 12.9. The molecule has 0 unspecified atom stereocenters. The zero-order valence-electron chi connectivity index (χ0n) is 21.0. The number of fused-ring (bicyclic) bond motifs is 1. The molecule has 0 aliphatic heterocycles. The molecule has 208 valence electrons. The van der Waals surface area contributed by atoms with Crippen LogP contribution in [0, 0.1) is 17.5 Å². The van der Waals surface area contributed by atoms with Gasteiger partial charge < -0.3 is 15.6 Å². The van der Waals surface area contributed by atoms with Crippen LogP contribution in [0.2, 0.25) is 10.0 Å². The molecule has 0 saturated heterocycles. The number of halogens is 5. The number of nitrogens with two attached hydrogens (primary N) is 1. The first kappa shape index (κ1) is 28.1. The van der Waals surface area contributed by atoms with E-state index in [2.05, 4.69) is 15.3 Å². The van der Waals surface area contributed by atoms with Gasteiger partial charge in [-0.25, -0.2) is 18.2 Å². The standard InChI is InChI=1S/C29H20Cl2F3N5O2/c30-21-11-24-26(12-22(21)31)39(14-37-24)13-27(40)38-25(8-15-6-17(32)10-18(33)7-15)28-19(2-1-5-36-28)16-3-4-23(34)20(9-16)29(35)41/h1-7,9-12,14,25H,8,13H2,(H2,35,41)(H,38,40)/t25-/m0/s1. The maximum absolute atomic E-state index is 14.2. The van der Waals surface area contributed by atoms with Crippen LogP contribution in [0.3, 0.4) is 0 Å². The lowest BCUT2D eigenvalue weighted by Crippen LogP contribution is -2.33. The van der Waals surface area contributed by atoms with E-state index in [1.807, 2.05) is 0 Å². The number of imidazole rings is 1. The van der Waals surface area contributed by atoms with Gasteiger partial charge in [0.2, 0.25) is 5.91 Å². The van der Waals surface area contributed by atoms with Gasteiger partial charge in [0.15, 0.2) is 0 Å². The summed E-state index contributed by atoms with van der Waals surface area (Å²) in [6.07, 6.45) is 2.90. The molecular weight excluding hydrogens is 578 g/mol. The fourth-order valence-corrected chi connectivity index (χ4v) is 4.89. The minimum absolute atomic E-state index is 0.0413. The second kappa shape index (κ2) is 11.6. The predicted molar refractivity (Wildman–Crippen MR) is 149 cm³/mol. The van der Waals surface area contributed by atoms with Crippen molar-refractivity contribution in [3.8, 4) is 11.1 Å². The van der Waals surface area contributed by atoms with E-state index in [-0.39, 0.29) is 24.1 Å². The van der Waals surface area contributed by atoms with Crippen molar-refractivity contribution in [1.82, 2.24) is 19.9 Å². The van der Waals surface area contributed by atoms with Crippen LogP contribution in [0.5, 0.6) is 0 Å². The molecule has 2 amide bonds. The molecule has 5 aromatic rings. The van der Waals surface area contributed by atoms with E-state index in [4.69, 9.17) is 28.9 Å². The second-order valence-electron chi connectivity index (χ2n) is 9.22. The first-order valence-electron chi connectivity index (χ1n) is 12.2. The maximum Gasteiger partial charge on any atom is 0.251 e. The van der Waals surface area contributed by atoms with E-state index in [1.54, 1.807) is 28.8 Å². The Bertz CT molecular complexity index is 1790. The van der Waals surface area contributed by atoms with Gasteiger partial charge in [-0.1, -0.05) is 35.3 Å². The van der Waals surface area contributed by atoms with Gasteiger partial charge in [-0.2, -0.15) is 0 Å². The van der Waals surface area contributed by atoms with E-state index < -0.39 is 35.3 Å². The van der Waals surface area contributed by atoms with Gasteiger partial charge in [0.05, 0.1) is 44.7 Å². The molecule has 41 heavy (non-hydrogen) atoms. The number of primary amides is 1. The summed E-state index contributed by atoms with van der Waals surface area (Å²) >= 11 is 12.2. The van der Waals surface area contributed by atoms with Gasteiger partial charge in [0.1, 0.15) is 24.0 Å². The third kappa shape index (κ3) is 6.18. The molecule has 0 fully saturated rings. The van der Waals surface area contributed by atoms with Gasteiger partial charge in [-0.05, 0) is 60.0 Å². The number of carbonyl (C=O) groups is 2. The van der Waals surface area contributed by atoms with Crippen molar-refractivity contribution in [1.29, 1.82) is 0 Å². The van der Waals surface area contributed by atoms with Crippen LogP contribution in [0.25, 0.3) is 22.2 Å². The van der Waals surface area contributed by atoms with Crippen molar-refractivity contribution >= 4 is 46.0 Å². The molecule has 0 radical (unpaired) electrons. The number of carbonyl (C=O) groups excluding carboxylic acids is 2. The molecule has 3 aromatic carbocycles. The number of hydrogen-bond acceptors (Lipinski definition) is 4. The number of rotatable bonds is 8. The van der Waals surface area contributed by atoms with Crippen LogP contribution in [0.4, 0.5) is 13.2 Å². The topological polar surface area (TPSA) is 103 Å². The lowest BCUT2D eigenvalue weighted by molar-refractivity contribution is -0.122. The molecule has 0 aliphatic rings. The quantitative estimate of drug-likeness (QED) is 0.228. The zero-order chi connectivity index (χ0) is 29.3. The molecule has 0 saturated carbocycles. The van der Waals surface area contributed by atoms with E-state index >= 15 is 0 Å². The van der Waals surface area contributed by atoms with Gasteiger partial charge in [0.25, 0.3) is 5.91 Å². The minimum Gasteiger partial charge on any atom is -0.366 e. The molecule has 7 nitrogen and oxygen atoms in total. The summed E-state index contributed by atoms with van der Waals surface area (Å²) in [6.45, 7) is -0.174. The van der Waals surface area contributed by atoms with Gasteiger partial charge in [-0.15, -0.1) is 0 Å². The molecule has 0 aliphatic carbocycles. The minimum atomic E-state index is -0.955. The number of amides is 2. The summed E-state index contributed by atoms with van der Waals surface area (Å²) in [7, 11) is 0. The monoisotopic (exact) mass is 597 g/mol. The van der Waals surface area contributed by atoms with Crippen LogP contribution in [-0.4, -0.2) is 26.3 Å². The third-order valence-electron chi connectivity index (χ3n) is 6.39. The lowest BCUT2D eigenvalue weighted by Gasteiger charge is -2.22. The Kier molecular flexibility index (Phi) is 7.96. The Labute approximate surface area is 241 Å². The molecule has 2 aromatic heterocycles. The molecule has 3 N–H and O–H groups in total. The van der Waals surface area contributed by atoms with Crippen LogP contribution < -0.4 is 11.1 Å². The fraction of sp³-hybridized carbons (Fsp3) is 0.103. The van der Waals surface area contributed by atoms with Crippen LogP contribution >= 0.6 is 23.2 Å². The van der Waals surface area contributed by atoms with Gasteiger partial charge >= 0.3 is 0 Å². The summed E-state index contributed by atoms with van der Waals surface area (Å²) in [5, 5.41) is 3.50. The highest BCUT2D eigenvalue weighted by molar-refractivity contribution is 6.42. The Balaban J connectivity index is 1.53. The van der Waals surface area contributed by atoms with Crippen LogP contribution in [-0.2, 0) is 17.8 Å². The number of nitrogens with zero attached hydrogens (tertiary/aromatic N) is 3. The summed E-state index contributed by atoms with van der Waals surface area (Å²) in [4.78, 5) is 33.8. The van der Waals surface area contributed by atoms with E-state index in [0.717, 1.165) is 24.3 Å². The zero-order valence-corrected chi connectivity index (χ0v) is 22.6. The molecule has 0 spiro atoms. The third-order valence-corrected chi connectivity index (χ3v) is 7.11. The Morgan fingerprint density at radius 3 is 2.41 bits per heavy atom. The molecule has 2 heterocycles. The normalized spacial score (nSPS) is 11.9. The molecular formula is C29H20Cl2F3N5O2. The largest absolute Gasteiger partial charge is 0.366 e. The fourth-order valence-electron chi connectivity index (χ4n) is 4.58. The number of nitrogens with one attached hydrogen (secondary N) is 1. The van der Waals surface area contributed by atoms with Crippen molar-refractivity contribution in [2.45, 2.75) is 19.0 Å². The highest BCUT2D eigenvalue weighted by Gasteiger charge is 2.23. The number of pyridine rings is 1. The number of aromatic nitrogens is 3. The van der Waals surface area contributed by atoms with Crippen molar-refractivity contribution in [3.63, 3.8) is 0 Å². The Morgan fingerprint density at radius 2 is 1.68 bits per heavy atom. The summed E-state index contributed by atoms with van der Waals surface area (Å²) in [6, 6.07) is 12.5. The molecule has 5 rings (SSSR count). The number of benzene rings is 3. The van der Waals surface area contributed by atoms with E-state index in [1.165, 1.54) is 24.7 Å². The van der Waals surface area contributed by atoms with Crippen molar-refractivity contribution in [2.75, 3.05) is 0 Å². The average molecular weight is 598 g/mol. The predicted octanol–water partition coefficient (Wildman–Crippen LogP) is 6.02. The van der Waals surface area contributed by atoms with Gasteiger partial charge in [-0.3, -0.25) is 14.6 Å². The summed E-state index contributed by atoms with van der Waals surface area (Å²) in [5.74, 6) is -3.77. The first-order chi connectivity index (χ1) is 19.6. The van der Waals surface area contributed by atoms with E-state index in [0.29, 0.717) is 37.9 Å². The molecule has 0 bridgehead atoms. The van der Waals surface area contributed by atoms with Crippen molar-refractivity contribution in [2.24, 2.45) is 5.73 Å². The molecule has 1 atom stereocenters. The summed E-state index contributed by atoms with van der Waals surface area (Å²) in [5.41, 5.74) is 7.55. The Hall–Kier alpha value is -4.41. The lowest BCUT2D eigenvalue weighted by atomic mass is 9.94. The highest BCUT2D eigenvalue weighted by atomic mass is 35.5. The van der Waals surface area contributed by atoms with Crippen LogP contribution in [0.15, 0.2) is 73.2 Å².